The standard InChI is InChI=1S/C26H26F2N4O2/c1-31-11-7-18(15-31)34-23-13-16(12-19-24(23)30-25(33)26(19)8-2-3-9-26)21-6-10-29-32(21)22-5-4-17(27)14-20(22)28/h4-6,10,12-14,18H,2-3,7-9,11,15H2,1H3,(H,30,33). The van der Waals surface area contributed by atoms with E-state index in [9.17, 15) is 13.6 Å². The molecule has 2 aliphatic heterocycles. The van der Waals surface area contributed by atoms with Crippen LogP contribution in [0.25, 0.3) is 16.9 Å². The van der Waals surface area contributed by atoms with Gasteiger partial charge in [0.1, 0.15) is 23.4 Å². The van der Waals surface area contributed by atoms with Crippen molar-refractivity contribution in [3.8, 4) is 22.7 Å². The summed E-state index contributed by atoms with van der Waals surface area (Å²) in [4.78, 5) is 15.4. The maximum atomic E-state index is 14.6. The molecule has 1 spiro atoms. The zero-order valence-electron chi connectivity index (χ0n) is 19.0. The quantitative estimate of drug-likeness (QED) is 0.610. The number of ether oxygens (including phenoxy) is 1. The molecule has 8 heteroatoms. The van der Waals surface area contributed by atoms with Crippen molar-refractivity contribution in [2.24, 2.45) is 0 Å². The first-order valence-electron chi connectivity index (χ1n) is 11.8. The van der Waals surface area contributed by atoms with Gasteiger partial charge in [0.15, 0.2) is 5.82 Å². The number of halogens is 2. The van der Waals surface area contributed by atoms with E-state index in [-0.39, 0.29) is 17.7 Å². The molecule has 6 rings (SSSR count). The minimum atomic E-state index is -0.694. The molecule has 1 saturated carbocycles. The van der Waals surface area contributed by atoms with E-state index in [1.165, 1.54) is 16.8 Å². The highest BCUT2D eigenvalue weighted by molar-refractivity contribution is 6.08. The van der Waals surface area contributed by atoms with Crippen LogP contribution in [0.15, 0.2) is 42.6 Å². The van der Waals surface area contributed by atoms with Crippen molar-refractivity contribution in [3.63, 3.8) is 0 Å². The molecule has 0 bridgehead atoms. The monoisotopic (exact) mass is 464 g/mol. The molecule has 1 aromatic heterocycles. The molecular weight excluding hydrogens is 438 g/mol. The summed E-state index contributed by atoms with van der Waals surface area (Å²) in [6.07, 6.45) is 6.12. The molecule has 2 aromatic carbocycles. The smallest absolute Gasteiger partial charge is 0.235 e. The van der Waals surface area contributed by atoms with E-state index in [1.807, 2.05) is 12.1 Å². The summed E-state index contributed by atoms with van der Waals surface area (Å²) in [6.45, 7) is 1.77. The molecule has 1 unspecified atom stereocenters. The Morgan fingerprint density at radius 3 is 2.71 bits per heavy atom. The van der Waals surface area contributed by atoms with Gasteiger partial charge in [0.25, 0.3) is 0 Å². The van der Waals surface area contributed by atoms with E-state index in [1.54, 1.807) is 12.3 Å². The first kappa shape index (κ1) is 21.3. The Morgan fingerprint density at radius 1 is 1.15 bits per heavy atom. The lowest BCUT2D eigenvalue weighted by molar-refractivity contribution is -0.120. The SMILES string of the molecule is CN1CCC(Oc2cc(-c3ccnn3-c3ccc(F)cc3F)cc3c2NC(=O)C32CCCC2)C1. The number of fused-ring (bicyclic) bond motifs is 2. The molecule has 3 aromatic rings. The van der Waals surface area contributed by atoms with Gasteiger partial charge in [-0.15, -0.1) is 0 Å². The van der Waals surface area contributed by atoms with E-state index in [4.69, 9.17) is 4.74 Å². The van der Waals surface area contributed by atoms with Crippen LogP contribution in [0.2, 0.25) is 0 Å². The number of rotatable bonds is 4. The largest absolute Gasteiger partial charge is 0.487 e. The van der Waals surface area contributed by atoms with Crippen LogP contribution in [0.4, 0.5) is 14.5 Å². The number of hydrogen-bond donors (Lipinski definition) is 1. The van der Waals surface area contributed by atoms with E-state index in [0.29, 0.717) is 11.4 Å². The van der Waals surface area contributed by atoms with Gasteiger partial charge in [0.05, 0.1) is 23.0 Å². The van der Waals surface area contributed by atoms with Gasteiger partial charge in [-0.05, 0) is 62.2 Å². The van der Waals surface area contributed by atoms with Crippen LogP contribution in [0, 0.1) is 11.6 Å². The lowest BCUT2D eigenvalue weighted by Gasteiger charge is -2.23. The third-order valence-electron chi connectivity index (χ3n) is 7.47. The van der Waals surface area contributed by atoms with E-state index >= 15 is 0 Å². The van der Waals surface area contributed by atoms with Crippen LogP contribution in [-0.2, 0) is 10.2 Å². The highest BCUT2D eigenvalue weighted by Crippen LogP contribution is 2.53. The maximum absolute atomic E-state index is 14.6. The Bertz CT molecular complexity index is 1280. The van der Waals surface area contributed by atoms with Crippen molar-refractivity contribution in [2.45, 2.75) is 43.6 Å². The number of aromatic nitrogens is 2. The molecule has 3 aliphatic rings. The molecule has 1 amide bonds. The third-order valence-corrected chi connectivity index (χ3v) is 7.47. The molecular formula is C26H26F2N4O2. The second kappa shape index (κ2) is 7.91. The molecule has 34 heavy (non-hydrogen) atoms. The van der Waals surface area contributed by atoms with Crippen LogP contribution in [0.3, 0.4) is 0 Å². The number of nitrogens with one attached hydrogen (secondary N) is 1. The number of benzene rings is 2. The average molecular weight is 465 g/mol. The molecule has 0 radical (unpaired) electrons. The summed E-state index contributed by atoms with van der Waals surface area (Å²) < 4.78 is 36.1. The first-order chi connectivity index (χ1) is 16.4. The average Bonchev–Trinajstić information content (AvgIpc) is 3.59. The fourth-order valence-electron chi connectivity index (χ4n) is 5.73. The molecule has 1 atom stereocenters. The number of amides is 1. The Labute approximate surface area is 196 Å². The normalized spacial score (nSPS) is 21.3. The van der Waals surface area contributed by atoms with Crippen molar-refractivity contribution in [1.29, 1.82) is 0 Å². The predicted octanol–water partition coefficient (Wildman–Crippen LogP) is 4.66. The number of likely N-dealkylation sites (N-methyl/N-ethyl adjacent to an activating group) is 1. The van der Waals surface area contributed by atoms with E-state index < -0.39 is 17.0 Å². The Morgan fingerprint density at radius 2 is 1.97 bits per heavy atom. The summed E-state index contributed by atoms with van der Waals surface area (Å²) >= 11 is 0. The molecule has 176 valence electrons. The Hall–Kier alpha value is -3.26. The van der Waals surface area contributed by atoms with Gasteiger partial charge in [0.2, 0.25) is 5.91 Å². The minimum Gasteiger partial charge on any atom is -0.487 e. The summed E-state index contributed by atoms with van der Waals surface area (Å²) in [6, 6.07) is 9.16. The van der Waals surface area contributed by atoms with Gasteiger partial charge in [-0.3, -0.25) is 4.79 Å². The van der Waals surface area contributed by atoms with Crippen LogP contribution in [0.1, 0.15) is 37.7 Å². The summed E-state index contributed by atoms with van der Waals surface area (Å²) in [5.41, 5.74) is 2.73. The number of nitrogens with zero attached hydrogens (tertiary/aromatic N) is 3. The van der Waals surface area contributed by atoms with Crippen molar-refractivity contribution >= 4 is 11.6 Å². The van der Waals surface area contributed by atoms with Crippen molar-refractivity contribution in [3.05, 3.63) is 59.8 Å². The van der Waals surface area contributed by atoms with Gasteiger partial charge in [0, 0.05) is 24.7 Å². The second-order valence-corrected chi connectivity index (χ2v) is 9.66. The van der Waals surface area contributed by atoms with Gasteiger partial charge in [-0.25, -0.2) is 13.5 Å². The molecule has 1 aliphatic carbocycles. The molecule has 3 heterocycles. The fraction of sp³-hybridized carbons (Fsp3) is 0.385. The molecule has 1 N–H and O–H groups in total. The Balaban J connectivity index is 1.49. The third kappa shape index (κ3) is 3.31. The summed E-state index contributed by atoms with van der Waals surface area (Å²) in [5.74, 6) is -0.668. The minimum absolute atomic E-state index is 0.0285. The van der Waals surface area contributed by atoms with Gasteiger partial charge in [-0.2, -0.15) is 5.10 Å². The van der Waals surface area contributed by atoms with Gasteiger partial charge >= 0.3 is 0 Å². The Kier molecular flexibility index (Phi) is 4.95. The summed E-state index contributed by atoms with van der Waals surface area (Å²) in [7, 11) is 2.06. The lowest BCUT2D eigenvalue weighted by atomic mass is 9.79. The van der Waals surface area contributed by atoms with Crippen LogP contribution < -0.4 is 10.1 Å². The van der Waals surface area contributed by atoms with Crippen molar-refractivity contribution in [2.75, 3.05) is 25.5 Å². The fourth-order valence-corrected chi connectivity index (χ4v) is 5.73. The molecule has 1 saturated heterocycles. The zero-order chi connectivity index (χ0) is 23.4. The molecule has 2 fully saturated rings. The maximum Gasteiger partial charge on any atom is 0.235 e. The lowest BCUT2D eigenvalue weighted by Crippen LogP contribution is -2.30. The van der Waals surface area contributed by atoms with E-state index in [0.717, 1.165) is 68.1 Å². The van der Waals surface area contributed by atoms with Crippen molar-refractivity contribution in [1.82, 2.24) is 14.7 Å². The van der Waals surface area contributed by atoms with E-state index in [2.05, 4.69) is 22.4 Å². The highest BCUT2D eigenvalue weighted by atomic mass is 19.1. The topological polar surface area (TPSA) is 59.4 Å². The zero-order valence-corrected chi connectivity index (χ0v) is 19.0. The number of likely N-dealkylation sites (tertiary alicyclic amines) is 1. The number of carbonyl (C=O) groups excluding carboxylic acids is 1. The first-order valence-corrected chi connectivity index (χ1v) is 11.8. The van der Waals surface area contributed by atoms with Crippen LogP contribution >= 0.6 is 0 Å². The molecule has 6 nitrogen and oxygen atoms in total. The summed E-state index contributed by atoms with van der Waals surface area (Å²) in [5, 5.41) is 7.43. The number of anilines is 1. The van der Waals surface area contributed by atoms with Crippen LogP contribution in [0.5, 0.6) is 5.75 Å². The van der Waals surface area contributed by atoms with Crippen LogP contribution in [-0.4, -0.2) is 46.8 Å². The number of carbonyl (C=O) groups is 1. The highest BCUT2D eigenvalue weighted by Gasteiger charge is 2.50. The van der Waals surface area contributed by atoms with Crippen molar-refractivity contribution < 1.29 is 18.3 Å². The number of hydrogen-bond acceptors (Lipinski definition) is 4. The second-order valence-electron chi connectivity index (χ2n) is 9.66. The predicted molar refractivity (Wildman–Crippen MR) is 124 cm³/mol. The van der Waals surface area contributed by atoms with Gasteiger partial charge < -0.3 is 15.0 Å². The van der Waals surface area contributed by atoms with Gasteiger partial charge in [-0.1, -0.05) is 12.8 Å².